The molecule has 1 saturated heterocycles. The number of rotatable bonds is 4. The van der Waals surface area contributed by atoms with Gasteiger partial charge in [0.25, 0.3) is 16.9 Å². The summed E-state index contributed by atoms with van der Waals surface area (Å²) in [5.74, 6) is -4.72. The largest absolute Gasteiger partial charge is 0.497 e. The van der Waals surface area contributed by atoms with Crippen molar-refractivity contribution >= 4 is 29.0 Å². The highest BCUT2D eigenvalue weighted by molar-refractivity contribution is 8.18. The van der Waals surface area contributed by atoms with Crippen LogP contribution in [-0.2, 0) is 4.79 Å². The van der Waals surface area contributed by atoms with Gasteiger partial charge in [-0.3, -0.25) is 14.5 Å². The van der Waals surface area contributed by atoms with Crippen molar-refractivity contribution in [3.8, 4) is 5.75 Å². The summed E-state index contributed by atoms with van der Waals surface area (Å²) in [6.45, 7) is -1.60. The van der Waals surface area contributed by atoms with Crippen LogP contribution in [0.25, 0.3) is 6.08 Å². The van der Waals surface area contributed by atoms with Crippen LogP contribution >= 0.6 is 11.8 Å². The molecule has 1 aromatic rings. The van der Waals surface area contributed by atoms with Crippen LogP contribution in [0.4, 0.5) is 18.0 Å². The number of alkyl halides is 3. The maximum Gasteiger partial charge on any atom is 0.444 e. The van der Waals surface area contributed by atoms with Crippen molar-refractivity contribution in [1.82, 2.24) is 4.90 Å². The maximum absolute atomic E-state index is 12.5. The molecule has 2 rings (SSSR count). The number of hydrogen-bond donors (Lipinski definition) is 2. The van der Waals surface area contributed by atoms with E-state index in [4.69, 9.17) is 14.9 Å². The number of nitrogens with zero attached hydrogens (tertiary/aromatic N) is 1. The lowest BCUT2D eigenvalue weighted by Crippen LogP contribution is -2.54. The molecule has 0 spiro atoms. The molecule has 1 aromatic carbocycles. The average molecular weight is 363 g/mol. The van der Waals surface area contributed by atoms with Crippen molar-refractivity contribution in [3.05, 3.63) is 34.7 Å². The fraction of sp³-hybridized carbons (Fsp3) is 0.286. The lowest BCUT2D eigenvalue weighted by Gasteiger charge is -2.27. The van der Waals surface area contributed by atoms with Gasteiger partial charge >= 0.3 is 6.18 Å². The molecule has 2 amide bonds. The van der Waals surface area contributed by atoms with E-state index in [2.05, 4.69) is 0 Å². The van der Waals surface area contributed by atoms with Gasteiger partial charge in [0.2, 0.25) is 0 Å². The summed E-state index contributed by atoms with van der Waals surface area (Å²) in [4.78, 5) is 23.8. The zero-order chi connectivity index (χ0) is 18.1. The Morgan fingerprint density at radius 1 is 1.29 bits per heavy atom. The van der Waals surface area contributed by atoms with E-state index >= 15 is 0 Å². The van der Waals surface area contributed by atoms with Crippen LogP contribution in [0.5, 0.6) is 5.75 Å². The van der Waals surface area contributed by atoms with Gasteiger partial charge in [-0.05, 0) is 35.5 Å². The SMILES string of the molecule is COc1cccc(/C=C2\SC(=O)N(CC(O)(O)C(F)(F)F)C2=O)c1. The molecular formula is C14H12F3NO5S. The number of benzene rings is 1. The highest BCUT2D eigenvalue weighted by Gasteiger charge is 2.56. The number of aliphatic hydroxyl groups is 2. The second-order valence-corrected chi connectivity index (χ2v) is 5.85. The Morgan fingerprint density at radius 2 is 1.96 bits per heavy atom. The summed E-state index contributed by atoms with van der Waals surface area (Å²) in [5, 5.41) is 17.0. The molecule has 0 saturated carbocycles. The molecule has 10 heteroatoms. The lowest BCUT2D eigenvalue weighted by molar-refractivity contribution is -0.348. The number of ether oxygens (including phenoxy) is 1. The second-order valence-electron chi connectivity index (χ2n) is 4.86. The molecular weight excluding hydrogens is 351 g/mol. The Labute approximate surface area is 138 Å². The van der Waals surface area contributed by atoms with Crippen molar-refractivity contribution < 1.29 is 37.7 Å². The van der Waals surface area contributed by atoms with Gasteiger partial charge in [0, 0.05) is 0 Å². The summed E-state index contributed by atoms with van der Waals surface area (Å²) in [6.07, 6.45) is -4.10. The number of imide groups is 1. The Bertz CT molecular complexity index is 702. The number of carbonyl (C=O) groups is 2. The first-order valence-electron chi connectivity index (χ1n) is 6.46. The number of thioether (sulfide) groups is 1. The molecule has 24 heavy (non-hydrogen) atoms. The zero-order valence-electron chi connectivity index (χ0n) is 12.2. The third-order valence-electron chi connectivity index (χ3n) is 3.10. The Morgan fingerprint density at radius 3 is 2.54 bits per heavy atom. The first-order chi connectivity index (χ1) is 11.0. The first-order valence-corrected chi connectivity index (χ1v) is 7.28. The van der Waals surface area contributed by atoms with Gasteiger partial charge in [-0.15, -0.1) is 0 Å². The molecule has 1 aliphatic rings. The number of halogens is 3. The molecule has 0 radical (unpaired) electrons. The minimum Gasteiger partial charge on any atom is -0.497 e. The molecule has 0 unspecified atom stereocenters. The fourth-order valence-electron chi connectivity index (χ4n) is 1.83. The maximum atomic E-state index is 12.5. The smallest absolute Gasteiger partial charge is 0.444 e. The number of methoxy groups -OCH3 is 1. The second kappa shape index (κ2) is 6.46. The van der Waals surface area contributed by atoms with Crippen molar-refractivity contribution in [2.75, 3.05) is 13.7 Å². The van der Waals surface area contributed by atoms with Crippen LogP contribution in [0.2, 0.25) is 0 Å². The van der Waals surface area contributed by atoms with Crippen LogP contribution in [0.3, 0.4) is 0 Å². The van der Waals surface area contributed by atoms with E-state index in [0.717, 1.165) is 0 Å². The molecule has 1 heterocycles. The summed E-state index contributed by atoms with van der Waals surface area (Å²) < 4.78 is 42.5. The molecule has 6 nitrogen and oxygen atoms in total. The lowest BCUT2D eigenvalue weighted by atomic mass is 10.2. The van der Waals surface area contributed by atoms with Crippen LogP contribution in [0.1, 0.15) is 5.56 Å². The van der Waals surface area contributed by atoms with Gasteiger partial charge < -0.3 is 14.9 Å². The predicted octanol–water partition coefficient (Wildman–Crippen LogP) is 1.97. The molecule has 130 valence electrons. The normalized spacial score (nSPS) is 17.8. The van der Waals surface area contributed by atoms with Crippen LogP contribution in [-0.4, -0.2) is 51.9 Å². The van der Waals surface area contributed by atoms with Crippen molar-refractivity contribution in [3.63, 3.8) is 0 Å². The van der Waals surface area contributed by atoms with Gasteiger partial charge in [0.05, 0.1) is 18.6 Å². The van der Waals surface area contributed by atoms with Gasteiger partial charge in [0.15, 0.2) is 0 Å². The van der Waals surface area contributed by atoms with E-state index in [1.165, 1.54) is 13.2 Å². The van der Waals surface area contributed by atoms with Crippen molar-refractivity contribution in [2.45, 2.75) is 12.0 Å². The Hall–Kier alpha value is -2.04. The third kappa shape index (κ3) is 3.71. The van der Waals surface area contributed by atoms with Crippen molar-refractivity contribution in [2.24, 2.45) is 0 Å². The quantitative estimate of drug-likeness (QED) is 0.628. The molecule has 1 fully saturated rings. The van der Waals surface area contributed by atoms with Gasteiger partial charge in [0.1, 0.15) is 5.75 Å². The molecule has 2 N–H and O–H groups in total. The Balaban J connectivity index is 2.24. The summed E-state index contributed by atoms with van der Waals surface area (Å²) in [6, 6.07) is 6.45. The summed E-state index contributed by atoms with van der Waals surface area (Å²) in [7, 11) is 1.44. The number of carbonyl (C=O) groups excluding carboxylic acids is 2. The topological polar surface area (TPSA) is 87.1 Å². The van der Waals surface area contributed by atoms with Crippen molar-refractivity contribution in [1.29, 1.82) is 0 Å². The van der Waals surface area contributed by atoms with Gasteiger partial charge in [-0.1, -0.05) is 12.1 Å². The van der Waals surface area contributed by atoms with E-state index in [-0.39, 0.29) is 9.81 Å². The van der Waals surface area contributed by atoms with Gasteiger partial charge in [-0.2, -0.15) is 13.2 Å². The third-order valence-corrected chi connectivity index (χ3v) is 4.01. The number of β-amino-alcohol motifs (C(OH)–C–C–N with tert-alkyl or cyclic N) is 2. The standard InChI is InChI=1S/C14H12F3NO5S/c1-23-9-4-2-3-8(5-9)6-10-11(19)18(12(20)24-10)7-13(21,22)14(15,16)17/h2-6,21-22H,7H2,1H3/b10-6-. The predicted molar refractivity (Wildman–Crippen MR) is 78.9 cm³/mol. The van der Waals surface area contributed by atoms with E-state index in [0.29, 0.717) is 23.1 Å². The average Bonchev–Trinajstić information content (AvgIpc) is 2.73. The number of amides is 2. The van der Waals surface area contributed by atoms with Crippen LogP contribution in [0, 0.1) is 0 Å². The summed E-state index contributed by atoms with van der Waals surface area (Å²) in [5.41, 5.74) is 0.495. The minimum absolute atomic E-state index is 0.133. The van der Waals surface area contributed by atoms with Gasteiger partial charge in [-0.25, -0.2) is 0 Å². The van der Waals surface area contributed by atoms with Crippen LogP contribution < -0.4 is 4.74 Å². The molecule has 0 bridgehead atoms. The highest BCUT2D eigenvalue weighted by atomic mass is 32.2. The monoisotopic (exact) mass is 363 g/mol. The molecule has 0 aromatic heterocycles. The molecule has 0 atom stereocenters. The highest BCUT2D eigenvalue weighted by Crippen LogP contribution is 2.36. The fourth-order valence-corrected chi connectivity index (χ4v) is 2.67. The summed E-state index contributed by atoms with van der Waals surface area (Å²) >= 11 is 0.410. The van der Waals surface area contributed by atoms with E-state index in [1.807, 2.05) is 0 Å². The number of hydrogen-bond acceptors (Lipinski definition) is 6. The zero-order valence-corrected chi connectivity index (χ0v) is 13.0. The van der Waals surface area contributed by atoms with E-state index in [1.54, 1.807) is 24.3 Å². The molecule has 0 aliphatic carbocycles. The van der Waals surface area contributed by atoms with E-state index < -0.39 is 29.7 Å². The first kappa shape index (κ1) is 18.3. The molecule has 1 aliphatic heterocycles. The minimum atomic E-state index is -5.41. The van der Waals surface area contributed by atoms with Crippen LogP contribution in [0.15, 0.2) is 29.2 Å². The Kier molecular flexibility index (Phi) is 4.92. The van der Waals surface area contributed by atoms with E-state index in [9.17, 15) is 22.8 Å².